The van der Waals surface area contributed by atoms with E-state index in [-0.39, 0.29) is 0 Å². The summed E-state index contributed by atoms with van der Waals surface area (Å²) in [7, 11) is 15.0. The molecule has 0 unspecified atom stereocenters. The van der Waals surface area contributed by atoms with E-state index in [4.69, 9.17) is 25.5 Å². The molecule has 1 aliphatic rings. The van der Waals surface area contributed by atoms with Gasteiger partial charge in [-0.2, -0.15) is 0 Å². The first kappa shape index (κ1) is 11.2. The minimum atomic E-state index is -2.13. The molecule has 0 nitrogen and oxygen atoms in total. The van der Waals surface area contributed by atoms with Crippen molar-refractivity contribution in [2.75, 3.05) is 0 Å². The Balaban J connectivity index is 0.000000180. The van der Waals surface area contributed by atoms with Gasteiger partial charge in [-0.15, -0.1) is 0 Å². The molecule has 0 aromatic carbocycles. The van der Waals surface area contributed by atoms with Crippen LogP contribution in [-0.4, -0.2) is 0 Å². The van der Waals surface area contributed by atoms with Gasteiger partial charge in [0.25, 0.3) is 0 Å². The monoisotopic (exact) mass is 274 g/mol. The van der Waals surface area contributed by atoms with Crippen LogP contribution in [0.1, 0.15) is 6.92 Å². The van der Waals surface area contributed by atoms with E-state index in [0.717, 1.165) is 0 Å². The van der Waals surface area contributed by atoms with Crippen LogP contribution in [-0.2, 0) is 18.2 Å². The molecule has 0 saturated carbocycles. The molecular formula is C6H7Cl3Zr. The standard InChI is InChI=1S/C6H7.3ClH.Zr/c1-6-4-2-3-5-6;;;;/h2-5H,1H3;3*1H;/q;;;;+3/p-3. The SMILES string of the molecule is CC1=C[CH]C=C1.[Cl][Zr]([Cl])[Cl]. The maximum absolute atomic E-state index is 5.00. The van der Waals surface area contributed by atoms with E-state index >= 15 is 0 Å². The molecule has 1 aliphatic carbocycles. The summed E-state index contributed by atoms with van der Waals surface area (Å²) in [5, 5.41) is 0. The average Bonchev–Trinajstić information content (AvgIpc) is 2.15. The summed E-state index contributed by atoms with van der Waals surface area (Å²) in [5.74, 6) is 0. The molecule has 0 bridgehead atoms. The van der Waals surface area contributed by atoms with Crippen molar-refractivity contribution in [3.05, 3.63) is 30.2 Å². The zero-order valence-corrected chi connectivity index (χ0v) is 10.2. The third kappa shape index (κ3) is 9.23. The van der Waals surface area contributed by atoms with Crippen LogP contribution in [0, 0.1) is 6.42 Å². The molecule has 4 heteroatoms. The van der Waals surface area contributed by atoms with Crippen molar-refractivity contribution in [2.45, 2.75) is 6.92 Å². The number of hydrogen-bond acceptors (Lipinski definition) is 0. The molecule has 0 saturated heterocycles. The Bertz CT molecular complexity index is 134. The van der Waals surface area contributed by atoms with E-state index in [1.54, 1.807) is 0 Å². The van der Waals surface area contributed by atoms with Gasteiger partial charge in [0.05, 0.1) is 0 Å². The van der Waals surface area contributed by atoms with E-state index in [2.05, 4.69) is 19.1 Å². The van der Waals surface area contributed by atoms with Crippen LogP contribution in [0.3, 0.4) is 0 Å². The molecule has 0 aliphatic heterocycles. The first-order valence-corrected chi connectivity index (χ1v) is 12.1. The zero-order chi connectivity index (χ0) is 7.98. The molecule has 0 aromatic heterocycles. The van der Waals surface area contributed by atoms with Gasteiger partial charge in [-0.05, 0) is 6.92 Å². The minimum absolute atomic E-state index is 1.34. The molecule has 1 radical (unpaired) electrons. The third-order valence-corrected chi connectivity index (χ3v) is 0.829. The van der Waals surface area contributed by atoms with Gasteiger partial charge in [-0.1, -0.05) is 23.8 Å². The van der Waals surface area contributed by atoms with Crippen LogP contribution in [0.2, 0.25) is 0 Å². The molecule has 1 rings (SSSR count). The Labute approximate surface area is 80.2 Å². The molecule has 0 aromatic rings. The van der Waals surface area contributed by atoms with Gasteiger partial charge in [0.1, 0.15) is 0 Å². The fourth-order valence-electron chi connectivity index (χ4n) is 0.470. The normalized spacial score (nSPS) is 13.8. The van der Waals surface area contributed by atoms with Crippen LogP contribution in [0.4, 0.5) is 0 Å². The van der Waals surface area contributed by atoms with Gasteiger partial charge < -0.3 is 0 Å². The Morgan fingerprint density at radius 3 is 1.90 bits per heavy atom. The molecule has 0 N–H and O–H groups in total. The summed E-state index contributed by atoms with van der Waals surface area (Å²) < 4.78 is 0. The summed E-state index contributed by atoms with van der Waals surface area (Å²) in [4.78, 5) is 0. The Hall–Kier alpha value is 1.23. The summed E-state index contributed by atoms with van der Waals surface area (Å²) in [6, 6.07) is 0. The van der Waals surface area contributed by atoms with Crippen molar-refractivity contribution < 1.29 is 18.2 Å². The average molecular weight is 277 g/mol. The Morgan fingerprint density at radius 2 is 1.80 bits per heavy atom. The molecule has 0 heterocycles. The second-order valence-electron chi connectivity index (χ2n) is 1.68. The number of hydrogen-bond donors (Lipinski definition) is 0. The number of allylic oxidation sites excluding steroid dienone is 4. The van der Waals surface area contributed by atoms with Crippen molar-refractivity contribution >= 4 is 25.5 Å². The fraction of sp³-hybridized carbons (Fsp3) is 0.167. The van der Waals surface area contributed by atoms with Gasteiger partial charge in [0, 0.05) is 6.42 Å². The van der Waals surface area contributed by atoms with Gasteiger partial charge in [0.2, 0.25) is 0 Å². The molecule has 0 spiro atoms. The van der Waals surface area contributed by atoms with Gasteiger partial charge in [-0.25, -0.2) is 0 Å². The summed E-state index contributed by atoms with van der Waals surface area (Å²) in [6.45, 7) is 2.08. The van der Waals surface area contributed by atoms with Crippen molar-refractivity contribution in [1.29, 1.82) is 0 Å². The van der Waals surface area contributed by atoms with E-state index in [9.17, 15) is 0 Å². The van der Waals surface area contributed by atoms with Crippen molar-refractivity contribution in [1.82, 2.24) is 0 Å². The third-order valence-electron chi connectivity index (χ3n) is 0.829. The van der Waals surface area contributed by atoms with Crippen LogP contribution in [0.25, 0.3) is 0 Å². The van der Waals surface area contributed by atoms with Gasteiger partial charge in [-0.3, -0.25) is 0 Å². The molecule has 0 fully saturated rings. The zero-order valence-electron chi connectivity index (χ0n) is 5.44. The summed E-state index contributed by atoms with van der Waals surface area (Å²) >= 11 is -2.13. The summed E-state index contributed by atoms with van der Waals surface area (Å²) in [5.41, 5.74) is 1.34. The van der Waals surface area contributed by atoms with Crippen LogP contribution in [0.5, 0.6) is 0 Å². The molecule has 56 valence electrons. The van der Waals surface area contributed by atoms with Crippen molar-refractivity contribution in [3.63, 3.8) is 0 Å². The Kier molecular flexibility index (Phi) is 7.77. The van der Waals surface area contributed by atoms with Gasteiger partial charge in [0.15, 0.2) is 0 Å². The van der Waals surface area contributed by atoms with E-state index in [0.29, 0.717) is 0 Å². The summed E-state index contributed by atoms with van der Waals surface area (Å²) in [6.07, 6.45) is 8.24. The van der Waals surface area contributed by atoms with Crippen LogP contribution < -0.4 is 0 Å². The van der Waals surface area contributed by atoms with E-state index in [1.165, 1.54) is 5.57 Å². The number of rotatable bonds is 0. The predicted octanol–water partition coefficient (Wildman–Crippen LogP) is 3.77. The quantitative estimate of drug-likeness (QED) is 0.632. The second kappa shape index (κ2) is 6.91. The van der Waals surface area contributed by atoms with Crippen LogP contribution >= 0.6 is 25.5 Å². The van der Waals surface area contributed by atoms with E-state index in [1.807, 2.05) is 12.5 Å². The molecule has 10 heavy (non-hydrogen) atoms. The van der Waals surface area contributed by atoms with Crippen molar-refractivity contribution in [2.24, 2.45) is 0 Å². The molecule has 0 atom stereocenters. The molecular weight excluding hydrogens is 270 g/mol. The topological polar surface area (TPSA) is 0 Å². The van der Waals surface area contributed by atoms with Crippen molar-refractivity contribution in [3.8, 4) is 0 Å². The van der Waals surface area contributed by atoms with E-state index < -0.39 is 18.2 Å². The second-order valence-corrected chi connectivity index (χ2v) is 12.9. The first-order valence-electron chi connectivity index (χ1n) is 2.64. The Morgan fingerprint density at radius 1 is 1.30 bits per heavy atom. The maximum atomic E-state index is 5.00. The predicted molar refractivity (Wildman–Crippen MR) is 44.8 cm³/mol. The van der Waals surface area contributed by atoms with Gasteiger partial charge >= 0.3 is 43.7 Å². The number of halogens is 3. The molecule has 0 amide bonds. The fourth-order valence-corrected chi connectivity index (χ4v) is 0.470. The first-order chi connectivity index (χ1) is 4.63. The van der Waals surface area contributed by atoms with Crippen LogP contribution in [0.15, 0.2) is 23.8 Å².